The van der Waals surface area contributed by atoms with Crippen molar-refractivity contribution >= 4 is 16.6 Å². The van der Waals surface area contributed by atoms with Crippen LogP contribution in [0.25, 0.3) is 10.9 Å². The second kappa shape index (κ2) is 7.67. The number of rotatable bonds is 8. The average Bonchev–Trinajstić information content (AvgIpc) is 2.49. The third kappa shape index (κ3) is 3.82. The number of hydrogen-bond donors (Lipinski definition) is 3. The molecule has 0 unspecified atom stereocenters. The van der Waals surface area contributed by atoms with Crippen molar-refractivity contribution in [2.24, 2.45) is 0 Å². The van der Waals surface area contributed by atoms with Gasteiger partial charge in [0.05, 0.1) is 17.8 Å². The van der Waals surface area contributed by atoms with E-state index in [4.69, 9.17) is 9.84 Å². The monoisotopic (exact) mass is 275 g/mol. The predicted molar refractivity (Wildman–Crippen MR) is 81.4 cm³/mol. The van der Waals surface area contributed by atoms with Gasteiger partial charge in [0, 0.05) is 30.7 Å². The van der Waals surface area contributed by atoms with Crippen molar-refractivity contribution in [3.8, 4) is 5.75 Å². The van der Waals surface area contributed by atoms with Gasteiger partial charge in [-0.15, -0.1) is 0 Å². The minimum absolute atomic E-state index is 0.00819. The molecule has 2 rings (SSSR count). The molecule has 1 heterocycles. The number of anilines is 1. The number of nitrogens with zero attached hydrogens (tertiary/aromatic N) is 1. The summed E-state index contributed by atoms with van der Waals surface area (Å²) in [4.78, 5) is 4.41. The van der Waals surface area contributed by atoms with Crippen molar-refractivity contribution in [1.82, 2.24) is 10.3 Å². The molecule has 0 spiro atoms. The Labute approximate surface area is 119 Å². The molecule has 0 atom stereocenters. The Balaban J connectivity index is 2.19. The van der Waals surface area contributed by atoms with E-state index in [2.05, 4.69) is 22.5 Å². The Bertz CT molecular complexity index is 546. The second-order valence-corrected chi connectivity index (χ2v) is 4.40. The molecule has 0 radical (unpaired) electrons. The van der Waals surface area contributed by atoms with E-state index in [1.165, 1.54) is 0 Å². The summed E-state index contributed by atoms with van der Waals surface area (Å²) in [6.45, 7) is 5.06. The molecule has 1 aromatic carbocycles. The molecule has 5 nitrogen and oxygen atoms in total. The van der Waals surface area contributed by atoms with Crippen LogP contribution in [0.4, 0.5) is 5.69 Å². The van der Waals surface area contributed by atoms with Crippen molar-refractivity contribution in [3.05, 3.63) is 30.5 Å². The number of nitrogens with one attached hydrogen (secondary N) is 2. The van der Waals surface area contributed by atoms with E-state index < -0.39 is 0 Å². The minimum Gasteiger partial charge on any atom is -0.491 e. The second-order valence-electron chi connectivity index (χ2n) is 4.40. The summed E-state index contributed by atoms with van der Waals surface area (Å²) in [6.07, 6.45) is 1.78. The first-order valence-corrected chi connectivity index (χ1v) is 6.92. The van der Waals surface area contributed by atoms with Crippen LogP contribution < -0.4 is 15.4 Å². The number of fused-ring (bicyclic) bond motifs is 1. The van der Waals surface area contributed by atoms with Crippen LogP contribution >= 0.6 is 0 Å². The Morgan fingerprint density at radius 2 is 2.20 bits per heavy atom. The van der Waals surface area contributed by atoms with Gasteiger partial charge < -0.3 is 20.5 Å². The number of benzene rings is 1. The molecule has 3 N–H and O–H groups in total. The molecule has 5 heteroatoms. The number of hydrogen-bond acceptors (Lipinski definition) is 5. The number of likely N-dealkylation sites (N-methyl/N-ethyl adjacent to an activating group) is 1. The zero-order chi connectivity index (χ0) is 14.2. The lowest BCUT2D eigenvalue weighted by atomic mass is 10.1. The van der Waals surface area contributed by atoms with Crippen molar-refractivity contribution in [2.75, 3.05) is 38.2 Å². The van der Waals surface area contributed by atoms with Gasteiger partial charge in [-0.05, 0) is 18.7 Å². The molecule has 0 fully saturated rings. The molecule has 0 aliphatic carbocycles. The fourth-order valence-electron chi connectivity index (χ4n) is 2.01. The lowest BCUT2D eigenvalue weighted by Gasteiger charge is -2.12. The molecule has 0 aliphatic rings. The lowest BCUT2D eigenvalue weighted by Crippen LogP contribution is -2.21. The highest BCUT2D eigenvalue weighted by atomic mass is 16.5. The van der Waals surface area contributed by atoms with Gasteiger partial charge in [-0.2, -0.15) is 0 Å². The van der Waals surface area contributed by atoms with Crippen LogP contribution in [-0.4, -0.2) is 42.9 Å². The number of aliphatic hydroxyl groups is 1. The summed E-state index contributed by atoms with van der Waals surface area (Å²) in [5.41, 5.74) is 1.88. The molecule has 0 amide bonds. The van der Waals surface area contributed by atoms with E-state index in [0.29, 0.717) is 6.61 Å². The van der Waals surface area contributed by atoms with Crippen LogP contribution in [-0.2, 0) is 0 Å². The lowest BCUT2D eigenvalue weighted by molar-refractivity contribution is 0.201. The van der Waals surface area contributed by atoms with E-state index >= 15 is 0 Å². The van der Waals surface area contributed by atoms with E-state index in [9.17, 15) is 0 Å². The van der Waals surface area contributed by atoms with Crippen LogP contribution in [0.5, 0.6) is 5.75 Å². The molecule has 108 valence electrons. The summed E-state index contributed by atoms with van der Waals surface area (Å²) in [5, 5.41) is 16.5. The van der Waals surface area contributed by atoms with Crippen molar-refractivity contribution in [1.29, 1.82) is 0 Å². The van der Waals surface area contributed by atoms with Crippen LogP contribution in [0.3, 0.4) is 0 Å². The first kappa shape index (κ1) is 14.6. The Morgan fingerprint density at radius 1 is 1.30 bits per heavy atom. The fraction of sp³-hybridized carbons (Fsp3) is 0.400. The minimum atomic E-state index is 0.00819. The normalized spacial score (nSPS) is 10.7. The summed E-state index contributed by atoms with van der Waals surface area (Å²) in [5.74, 6) is 0.741. The molecule has 2 aromatic rings. The Kier molecular flexibility index (Phi) is 5.58. The maximum Gasteiger partial charge on any atom is 0.122 e. The molecule has 0 saturated heterocycles. The fourth-order valence-corrected chi connectivity index (χ4v) is 2.01. The zero-order valence-corrected chi connectivity index (χ0v) is 11.7. The molecule has 0 aliphatic heterocycles. The highest BCUT2D eigenvalue weighted by molar-refractivity contribution is 5.91. The molecule has 1 aromatic heterocycles. The number of ether oxygens (including phenoxy) is 1. The van der Waals surface area contributed by atoms with Crippen LogP contribution in [0, 0.1) is 0 Å². The summed E-state index contributed by atoms with van der Waals surface area (Å²) in [6, 6.07) is 7.77. The van der Waals surface area contributed by atoms with E-state index in [1.807, 2.05) is 24.3 Å². The van der Waals surface area contributed by atoms with Gasteiger partial charge in [-0.3, -0.25) is 4.98 Å². The van der Waals surface area contributed by atoms with Gasteiger partial charge in [0.2, 0.25) is 0 Å². The highest BCUT2D eigenvalue weighted by Gasteiger charge is 2.05. The highest BCUT2D eigenvalue weighted by Crippen LogP contribution is 2.27. The molecular weight excluding hydrogens is 254 g/mol. The van der Waals surface area contributed by atoms with Crippen molar-refractivity contribution in [3.63, 3.8) is 0 Å². The van der Waals surface area contributed by atoms with Crippen LogP contribution in [0.15, 0.2) is 30.5 Å². The Hall–Kier alpha value is -1.85. The molecule has 0 bridgehead atoms. The third-order valence-electron chi connectivity index (χ3n) is 2.91. The predicted octanol–water partition coefficient (Wildman–Crippen LogP) is 1.63. The molecular formula is C15H21N3O2. The van der Waals surface area contributed by atoms with Gasteiger partial charge in [0.15, 0.2) is 0 Å². The summed E-state index contributed by atoms with van der Waals surface area (Å²) >= 11 is 0. The Morgan fingerprint density at radius 3 is 3.00 bits per heavy atom. The standard InChI is InChI=1S/C15H21N3O2/c1-2-16-6-7-17-14-11-13(20-9-8-19)10-12-4-3-5-18-15(12)14/h3-5,10-11,16-17,19H,2,6-9H2,1H3. The number of pyridine rings is 1. The van der Waals surface area contributed by atoms with E-state index in [1.54, 1.807) is 6.20 Å². The number of aliphatic hydroxyl groups excluding tert-OH is 1. The van der Waals surface area contributed by atoms with Gasteiger partial charge >= 0.3 is 0 Å². The van der Waals surface area contributed by atoms with E-state index in [0.717, 1.165) is 42.0 Å². The van der Waals surface area contributed by atoms with E-state index in [-0.39, 0.29) is 6.61 Å². The zero-order valence-electron chi connectivity index (χ0n) is 11.7. The van der Waals surface area contributed by atoms with Crippen molar-refractivity contribution < 1.29 is 9.84 Å². The smallest absolute Gasteiger partial charge is 0.122 e. The van der Waals surface area contributed by atoms with Gasteiger partial charge in [-0.25, -0.2) is 0 Å². The summed E-state index contributed by atoms with van der Waals surface area (Å²) in [7, 11) is 0. The molecule has 20 heavy (non-hydrogen) atoms. The van der Waals surface area contributed by atoms with Crippen LogP contribution in [0.1, 0.15) is 6.92 Å². The maximum absolute atomic E-state index is 8.85. The first-order chi connectivity index (χ1) is 9.85. The quantitative estimate of drug-likeness (QED) is 0.639. The SMILES string of the molecule is CCNCCNc1cc(OCCO)cc2cccnc12. The van der Waals surface area contributed by atoms with Gasteiger partial charge in [0.1, 0.15) is 12.4 Å². The summed E-state index contributed by atoms with van der Waals surface area (Å²) < 4.78 is 5.50. The van der Waals surface area contributed by atoms with Gasteiger partial charge in [-0.1, -0.05) is 13.0 Å². The largest absolute Gasteiger partial charge is 0.491 e. The first-order valence-electron chi connectivity index (χ1n) is 6.92. The maximum atomic E-state index is 8.85. The van der Waals surface area contributed by atoms with Crippen LogP contribution in [0.2, 0.25) is 0 Å². The van der Waals surface area contributed by atoms with Crippen molar-refractivity contribution in [2.45, 2.75) is 6.92 Å². The molecule has 0 saturated carbocycles. The third-order valence-corrected chi connectivity index (χ3v) is 2.91. The topological polar surface area (TPSA) is 66.4 Å². The van der Waals surface area contributed by atoms with Gasteiger partial charge in [0.25, 0.3) is 0 Å². The number of aromatic nitrogens is 1. The average molecular weight is 275 g/mol.